The summed E-state index contributed by atoms with van der Waals surface area (Å²) >= 11 is 4.05. The SMILES string of the molecule is CN(C)c1nc(N)nc(CS)n1. The molecule has 0 aromatic carbocycles. The summed E-state index contributed by atoms with van der Waals surface area (Å²) < 4.78 is 0. The monoisotopic (exact) mass is 185 g/mol. The van der Waals surface area contributed by atoms with Crippen molar-refractivity contribution in [3.05, 3.63) is 5.82 Å². The number of aromatic nitrogens is 3. The van der Waals surface area contributed by atoms with Gasteiger partial charge in [0.05, 0.1) is 5.75 Å². The van der Waals surface area contributed by atoms with Gasteiger partial charge in [0, 0.05) is 14.1 Å². The quantitative estimate of drug-likeness (QED) is 0.632. The number of anilines is 2. The van der Waals surface area contributed by atoms with E-state index in [1.54, 1.807) is 4.90 Å². The van der Waals surface area contributed by atoms with Crippen molar-refractivity contribution in [3.8, 4) is 0 Å². The van der Waals surface area contributed by atoms with E-state index in [-0.39, 0.29) is 5.95 Å². The van der Waals surface area contributed by atoms with Gasteiger partial charge in [-0.1, -0.05) is 0 Å². The lowest BCUT2D eigenvalue weighted by Crippen LogP contribution is -2.15. The van der Waals surface area contributed by atoms with Crippen LogP contribution in [0.15, 0.2) is 0 Å². The van der Waals surface area contributed by atoms with Gasteiger partial charge in [0.1, 0.15) is 5.82 Å². The highest BCUT2D eigenvalue weighted by Crippen LogP contribution is 2.06. The Morgan fingerprint density at radius 3 is 2.50 bits per heavy atom. The lowest BCUT2D eigenvalue weighted by molar-refractivity contribution is 0.920. The minimum atomic E-state index is 0.234. The summed E-state index contributed by atoms with van der Waals surface area (Å²) in [7, 11) is 3.69. The van der Waals surface area contributed by atoms with E-state index in [0.717, 1.165) is 0 Å². The molecule has 1 rings (SSSR count). The number of hydrogen-bond donors (Lipinski definition) is 2. The van der Waals surface area contributed by atoms with Crippen LogP contribution in [0.2, 0.25) is 0 Å². The first-order valence-corrected chi connectivity index (χ1v) is 4.05. The van der Waals surface area contributed by atoms with Gasteiger partial charge in [0.15, 0.2) is 0 Å². The van der Waals surface area contributed by atoms with Crippen LogP contribution in [-0.2, 0) is 5.75 Å². The van der Waals surface area contributed by atoms with Crippen LogP contribution in [0.25, 0.3) is 0 Å². The maximum absolute atomic E-state index is 5.45. The summed E-state index contributed by atoms with van der Waals surface area (Å²) in [6, 6.07) is 0. The van der Waals surface area contributed by atoms with Crippen molar-refractivity contribution in [1.82, 2.24) is 15.0 Å². The third kappa shape index (κ3) is 1.97. The minimum Gasteiger partial charge on any atom is -0.368 e. The fourth-order valence-electron chi connectivity index (χ4n) is 0.696. The molecule has 0 bridgehead atoms. The summed E-state index contributed by atoms with van der Waals surface area (Å²) in [5.41, 5.74) is 5.45. The molecule has 0 fully saturated rings. The van der Waals surface area contributed by atoms with E-state index < -0.39 is 0 Å². The Balaban J connectivity index is 3.06. The molecule has 0 aliphatic heterocycles. The molecule has 1 heterocycles. The summed E-state index contributed by atoms with van der Waals surface area (Å²) in [6.45, 7) is 0. The van der Waals surface area contributed by atoms with Crippen molar-refractivity contribution in [2.24, 2.45) is 0 Å². The highest BCUT2D eigenvalue weighted by atomic mass is 32.1. The second kappa shape index (κ2) is 3.57. The molecule has 1 aromatic rings. The Hall–Kier alpha value is -1.04. The largest absolute Gasteiger partial charge is 0.368 e. The average molecular weight is 185 g/mol. The molecule has 0 amide bonds. The fraction of sp³-hybridized carbons (Fsp3) is 0.500. The van der Waals surface area contributed by atoms with E-state index in [1.165, 1.54) is 0 Å². The zero-order valence-corrected chi connectivity index (χ0v) is 7.91. The van der Waals surface area contributed by atoms with E-state index in [0.29, 0.717) is 17.5 Å². The van der Waals surface area contributed by atoms with Crippen molar-refractivity contribution in [2.45, 2.75) is 5.75 Å². The third-order valence-corrected chi connectivity index (χ3v) is 1.51. The van der Waals surface area contributed by atoms with Crippen LogP contribution in [0, 0.1) is 0 Å². The molecule has 0 aliphatic rings. The summed E-state index contributed by atoms with van der Waals surface area (Å²) in [5, 5.41) is 0. The Morgan fingerprint density at radius 2 is 2.00 bits per heavy atom. The number of nitrogen functional groups attached to an aromatic ring is 1. The molecule has 0 aliphatic carbocycles. The number of hydrogen-bond acceptors (Lipinski definition) is 6. The van der Waals surface area contributed by atoms with Crippen molar-refractivity contribution >= 4 is 24.5 Å². The van der Waals surface area contributed by atoms with E-state index >= 15 is 0 Å². The molecule has 0 spiro atoms. The van der Waals surface area contributed by atoms with Crippen LogP contribution in [0.4, 0.5) is 11.9 Å². The van der Waals surface area contributed by atoms with Crippen LogP contribution in [0.1, 0.15) is 5.82 Å². The molecule has 0 atom stereocenters. The highest BCUT2D eigenvalue weighted by molar-refractivity contribution is 7.79. The average Bonchev–Trinajstić information content (AvgIpc) is 2.03. The molecule has 0 saturated carbocycles. The molecular weight excluding hydrogens is 174 g/mol. The summed E-state index contributed by atoms with van der Waals surface area (Å²) in [6.07, 6.45) is 0. The first kappa shape index (κ1) is 9.05. The predicted molar refractivity (Wildman–Crippen MR) is 51.3 cm³/mol. The van der Waals surface area contributed by atoms with E-state index in [2.05, 4.69) is 27.6 Å². The van der Waals surface area contributed by atoms with Crippen molar-refractivity contribution in [2.75, 3.05) is 24.7 Å². The normalized spacial score (nSPS) is 9.92. The molecule has 66 valence electrons. The maximum Gasteiger partial charge on any atom is 0.229 e. The fourth-order valence-corrected chi connectivity index (χ4v) is 0.837. The van der Waals surface area contributed by atoms with Crippen LogP contribution in [0.5, 0.6) is 0 Å². The minimum absolute atomic E-state index is 0.234. The number of nitrogens with zero attached hydrogens (tertiary/aromatic N) is 4. The van der Waals surface area contributed by atoms with E-state index in [9.17, 15) is 0 Å². The first-order chi connectivity index (χ1) is 5.63. The second-order valence-corrected chi connectivity index (χ2v) is 2.78. The number of nitrogens with two attached hydrogens (primary N) is 1. The van der Waals surface area contributed by atoms with Crippen molar-refractivity contribution in [1.29, 1.82) is 0 Å². The zero-order chi connectivity index (χ0) is 9.14. The zero-order valence-electron chi connectivity index (χ0n) is 7.02. The summed E-state index contributed by atoms with van der Waals surface area (Å²) in [5.74, 6) is 1.85. The van der Waals surface area contributed by atoms with E-state index in [1.807, 2.05) is 14.1 Å². The van der Waals surface area contributed by atoms with Gasteiger partial charge in [-0.2, -0.15) is 27.6 Å². The molecular formula is C6H11N5S. The Morgan fingerprint density at radius 1 is 1.33 bits per heavy atom. The molecule has 0 saturated heterocycles. The van der Waals surface area contributed by atoms with Gasteiger partial charge >= 0.3 is 0 Å². The van der Waals surface area contributed by atoms with Gasteiger partial charge in [-0.15, -0.1) is 0 Å². The first-order valence-electron chi connectivity index (χ1n) is 3.42. The standard InChI is InChI=1S/C6H11N5S/c1-11(2)6-9-4(3-12)8-5(7)10-6/h12H,3H2,1-2H3,(H2,7,8,9,10). The smallest absolute Gasteiger partial charge is 0.229 e. The Bertz CT molecular complexity index is 275. The van der Waals surface area contributed by atoms with Gasteiger partial charge in [0.2, 0.25) is 11.9 Å². The lowest BCUT2D eigenvalue weighted by Gasteiger charge is -2.10. The van der Waals surface area contributed by atoms with Gasteiger partial charge in [-0.05, 0) is 0 Å². The van der Waals surface area contributed by atoms with Crippen molar-refractivity contribution in [3.63, 3.8) is 0 Å². The van der Waals surface area contributed by atoms with Gasteiger partial charge in [-0.25, -0.2) is 0 Å². The van der Waals surface area contributed by atoms with Gasteiger partial charge < -0.3 is 10.6 Å². The van der Waals surface area contributed by atoms with Crippen LogP contribution >= 0.6 is 12.6 Å². The molecule has 6 heteroatoms. The van der Waals surface area contributed by atoms with Gasteiger partial charge in [-0.3, -0.25) is 0 Å². The van der Waals surface area contributed by atoms with E-state index in [4.69, 9.17) is 5.73 Å². The maximum atomic E-state index is 5.45. The van der Waals surface area contributed by atoms with Gasteiger partial charge in [0.25, 0.3) is 0 Å². The predicted octanol–water partition coefficient (Wildman–Crippen LogP) is -0.0504. The molecule has 0 radical (unpaired) electrons. The van der Waals surface area contributed by atoms with Crippen LogP contribution in [0.3, 0.4) is 0 Å². The molecule has 0 unspecified atom stereocenters. The summed E-state index contributed by atoms with van der Waals surface area (Å²) in [4.78, 5) is 13.7. The third-order valence-electron chi connectivity index (χ3n) is 1.23. The molecule has 2 N–H and O–H groups in total. The second-order valence-electron chi connectivity index (χ2n) is 2.46. The molecule has 12 heavy (non-hydrogen) atoms. The van der Waals surface area contributed by atoms with Crippen LogP contribution < -0.4 is 10.6 Å². The molecule has 1 aromatic heterocycles. The van der Waals surface area contributed by atoms with Crippen molar-refractivity contribution < 1.29 is 0 Å². The lowest BCUT2D eigenvalue weighted by atomic mass is 10.6. The number of rotatable bonds is 2. The molecule has 5 nitrogen and oxygen atoms in total. The highest BCUT2D eigenvalue weighted by Gasteiger charge is 2.03. The van der Waals surface area contributed by atoms with Crippen LogP contribution in [-0.4, -0.2) is 29.0 Å². The Labute approximate surface area is 76.4 Å². The topological polar surface area (TPSA) is 67.9 Å². The Kier molecular flexibility index (Phi) is 2.69. The number of thiol groups is 1.